The van der Waals surface area contributed by atoms with Crippen LogP contribution in [0.5, 0.6) is 0 Å². The van der Waals surface area contributed by atoms with Crippen molar-refractivity contribution in [3.05, 3.63) is 57.3 Å². The smallest absolute Gasteiger partial charge is 0.271 e. The van der Waals surface area contributed by atoms with Gasteiger partial charge in [0.05, 0.1) is 5.69 Å². The standard InChI is InChI=1S/C20H20ClN3O2S/c1-12-8-15(21)5-6-16(12)18(25)14-4-3-7-23(10-14)19(26)17-11-27-20-22-13(2)9-24(17)20/h5-6,8-9,11,14H,3-4,7,10H2,1-2H3/t14-/m0/s1. The predicted molar refractivity (Wildman–Crippen MR) is 107 cm³/mol. The van der Waals surface area contributed by atoms with Gasteiger partial charge in [0.1, 0.15) is 5.69 Å². The number of Topliss-reactive ketones (excluding diaryl/α,β-unsaturated/α-hetero) is 1. The number of piperidine rings is 1. The third-order valence-corrected chi connectivity index (χ3v) is 6.16. The first-order valence-corrected chi connectivity index (χ1v) is 10.2. The van der Waals surface area contributed by atoms with Gasteiger partial charge in [0.25, 0.3) is 5.91 Å². The molecule has 1 fully saturated rings. The molecular weight excluding hydrogens is 382 g/mol. The Balaban J connectivity index is 1.55. The number of aromatic nitrogens is 2. The molecule has 0 bridgehead atoms. The monoisotopic (exact) mass is 401 g/mol. The van der Waals surface area contributed by atoms with Crippen LogP contribution in [0.4, 0.5) is 0 Å². The zero-order valence-corrected chi connectivity index (χ0v) is 16.8. The molecule has 3 aromatic rings. The molecule has 0 spiro atoms. The molecule has 1 amide bonds. The van der Waals surface area contributed by atoms with E-state index in [-0.39, 0.29) is 17.6 Å². The number of imidazole rings is 1. The van der Waals surface area contributed by atoms with Gasteiger partial charge in [-0.05, 0) is 50.5 Å². The molecule has 140 valence electrons. The number of aryl methyl sites for hydroxylation is 2. The summed E-state index contributed by atoms with van der Waals surface area (Å²) in [5.41, 5.74) is 3.08. The van der Waals surface area contributed by atoms with E-state index in [4.69, 9.17) is 11.6 Å². The van der Waals surface area contributed by atoms with Crippen LogP contribution in [0, 0.1) is 19.8 Å². The highest BCUT2D eigenvalue weighted by Crippen LogP contribution is 2.26. The van der Waals surface area contributed by atoms with E-state index in [0.29, 0.717) is 29.4 Å². The average Bonchev–Trinajstić information content (AvgIpc) is 3.19. The molecule has 4 rings (SSSR count). The van der Waals surface area contributed by atoms with Crippen LogP contribution in [0.15, 0.2) is 29.8 Å². The Hall–Kier alpha value is -2.18. The molecule has 7 heteroatoms. The largest absolute Gasteiger partial charge is 0.337 e. The molecule has 1 aromatic carbocycles. The second-order valence-corrected chi connectivity index (χ2v) is 8.34. The maximum Gasteiger partial charge on any atom is 0.271 e. The summed E-state index contributed by atoms with van der Waals surface area (Å²) in [4.78, 5) is 33.1. The van der Waals surface area contributed by atoms with Gasteiger partial charge in [-0.2, -0.15) is 0 Å². The number of halogens is 1. The lowest BCUT2D eigenvalue weighted by molar-refractivity contribution is 0.0631. The minimum atomic E-state index is -0.179. The van der Waals surface area contributed by atoms with E-state index in [1.807, 2.05) is 35.9 Å². The lowest BCUT2D eigenvalue weighted by atomic mass is 9.88. The number of carbonyl (C=O) groups excluding carboxylic acids is 2. The Morgan fingerprint density at radius 2 is 2.11 bits per heavy atom. The van der Waals surface area contributed by atoms with Crippen molar-refractivity contribution in [2.75, 3.05) is 13.1 Å². The van der Waals surface area contributed by atoms with E-state index in [9.17, 15) is 9.59 Å². The van der Waals surface area contributed by atoms with Gasteiger partial charge in [-0.15, -0.1) is 11.3 Å². The number of benzene rings is 1. The van der Waals surface area contributed by atoms with Crippen LogP contribution in [-0.2, 0) is 0 Å². The van der Waals surface area contributed by atoms with Crippen molar-refractivity contribution >= 4 is 39.6 Å². The van der Waals surface area contributed by atoms with Crippen LogP contribution < -0.4 is 0 Å². The lowest BCUT2D eigenvalue weighted by Crippen LogP contribution is -2.42. The van der Waals surface area contributed by atoms with Gasteiger partial charge in [0, 0.05) is 41.2 Å². The number of ketones is 1. The summed E-state index contributed by atoms with van der Waals surface area (Å²) in [5, 5.41) is 2.47. The van der Waals surface area contributed by atoms with E-state index >= 15 is 0 Å². The van der Waals surface area contributed by atoms with E-state index in [0.717, 1.165) is 29.1 Å². The van der Waals surface area contributed by atoms with Gasteiger partial charge in [-0.1, -0.05) is 11.6 Å². The lowest BCUT2D eigenvalue weighted by Gasteiger charge is -2.32. The molecule has 1 saturated heterocycles. The molecule has 27 heavy (non-hydrogen) atoms. The fourth-order valence-electron chi connectivity index (χ4n) is 3.71. The van der Waals surface area contributed by atoms with Gasteiger partial charge < -0.3 is 4.90 Å². The van der Waals surface area contributed by atoms with Crippen molar-refractivity contribution in [2.24, 2.45) is 5.92 Å². The van der Waals surface area contributed by atoms with Crippen LogP contribution in [-0.4, -0.2) is 39.1 Å². The number of rotatable bonds is 3. The molecule has 1 atom stereocenters. The fraction of sp³-hybridized carbons (Fsp3) is 0.350. The summed E-state index contributed by atoms with van der Waals surface area (Å²) >= 11 is 7.47. The van der Waals surface area contributed by atoms with Crippen molar-refractivity contribution in [2.45, 2.75) is 26.7 Å². The van der Waals surface area contributed by atoms with Crippen LogP contribution in [0.3, 0.4) is 0 Å². The molecule has 0 unspecified atom stereocenters. The summed E-state index contributed by atoms with van der Waals surface area (Å²) in [6.45, 7) is 4.93. The second kappa shape index (κ2) is 7.09. The summed E-state index contributed by atoms with van der Waals surface area (Å²) in [5.74, 6) is -0.124. The third kappa shape index (κ3) is 3.39. The molecule has 0 N–H and O–H groups in total. The molecule has 5 nitrogen and oxygen atoms in total. The van der Waals surface area contributed by atoms with E-state index < -0.39 is 0 Å². The van der Waals surface area contributed by atoms with Gasteiger partial charge in [0.2, 0.25) is 0 Å². The van der Waals surface area contributed by atoms with E-state index in [2.05, 4.69) is 4.98 Å². The highest BCUT2D eigenvalue weighted by molar-refractivity contribution is 7.15. The zero-order chi connectivity index (χ0) is 19.1. The predicted octanol–water partition coefficient (Wildman–Crippen LogP) is 4.40. The van der Waals surface area contributed by atoms with Gasteiger partial charge in [-0.3, -0.25) is 14.0 Å². The molecule has 1 aliphatic heterocycles. The fourth-order valence-corrected chi connectivity index (χ4v) is 4.83. The summed E-state index contributed by atoms with van der Waals surface area (Å²) in [7, 11) is 0. The number of fused-ring (bicyclic) bond motifs is 1. The topological polar surface area (TPSA) is 54.7 Å². The third-order valence-electron chi connectivity index (χ3n) is 5.08. The van der Waals surface area contributed by atoms with Crippen molar-refractivity contribution in [1.29, 1.82) is 0 Å². The molecule has 0 saturated carbocycles. The van der Waals surface area contributed by atoms with Crippen molar-refractivity contribution < 1.29 is 9.59 Å². The molecule has 0 aliphatic carbocycles. The number of likely N-dealkylation sites (tertiary alicyclic amines) is 1. The quantitative estimate of drug-likeness (QED) is 0.611. The minimum absolute atomic E-state index is 0.0380. The number of nitrogens with zero attached hydrogens (tertiary/aromatic N) is 3. The Kier molecular flexibility index (Phi) is 4.78. The van der Waals surface area contributed by atoms with Crippen molar-refractivity contribution in [1.82, 2.24) is 14.3 Å². The van der Waals surface area contributed by atoms with Gasteiger partial charge >= 0.3 is 0 Å². The molecule has 3 heterocycles. The molecule has 0 radical (unpaired) electrons. The number of thiazole rings is 1. The minimum Gasteiger partial charge on any atom is -0.337 e. The normalized spacial score (nSPS) is 17.4. The van der Waals surface area contributed by atoms with Crippen LogP contribution in [0.25, 0.3) is 4.96 Å². The first-order chi connectivity index (χ1) is 12.9. The summed E-state index contributed by atoms with van der Waals surface area (Å²) in [6, 6.07) is 5.35. The van der Waals surface area contributed by atoms with Crippen LogP contribution in [0.1, 0.15) is 44.9 Å². The second-order valence-electron chi connectivity index (χ2n) is 7.07. The first kappa shape index (κ1) is 18.2. The number of amides is 1. The zero-order valence-electron chi connectivity index (χ0n) is 15.2. The number of carbonyl (C=O) groups is 2. The number of hydrogen-bond acceptors (Lipinski definition) is 4. The Labute approximate surface area is 166 Å². The summed E-state index contributed by atoms with van der Waals surface area (Å²) < 4.78 is 1.84. The summed E-state index contributed by atoms with van der Waals surface area (Å²) in [6.07, 6.45) is 3.50. The SMILES string of the molecule is Cc1cn2c(C(=O)N3CCC[C@H](C(=O)c4ccc(Cl)cc4C)C3)csc2n1. The maximum atomic E-state index is 13.1. The highest BCUT2D eigenvalue weighted by atomic mass is 35.5. The Morgan fingerprint density at radius 3 is 2.89 bits per heavy atom. The average molecular weight is 402 g/mol. The first-order valence-electron chi connectivity index (χ1n) is 8.97. The van der Waals surface area contributed by atoms with E-state index in [1.54, 1.807) is 17.0 Å². The molecule has 2 aromatic heterocycles. The van der Waals surface area contributed by atoms with Crippen molar-refractivity contribution in [3.63, 3.8) is 0 Å². The highest BCUT2D eigenvalue weighted by Gasteiger charge is 2.31. The van der Waals surface area contributed by atoms with Gasteiger partial charge in [0.15, 0.2) is 10.7 Å². The van der Waals surface area contributed by atoms with Crippen molar-refractivity contribution in [3.8, 4) is 0 Å². The Bertz CT molecular complexity index is 1040. The Morgan fingerprint density at radius 1 is 1.30 bits per heavy atom. The maximum absolute atomic E-state index is 13.1. The van der Waals surface area contributed by atoms with Gasteiger partial charge in [-0.25, -0.2) is 4.98 Å². The van der Waals surface area contributed by atoms with Crippen LogP contribution >= 0.6 is 22.9 Å². The van der Waals surface area contributed by atoms with Crippen LogP contribution in [0.2, 0.25) is 5.02 Å². The van der Waals surface area contributed by atoms with E-state index in [1.165, 1.54) is 11.3 Å². The molecular formula is C20H20ClN3O2S. The molecule has 1 aliphatic rings. The number of hydrogen-bond donors (Lipinski definition) is 0.